The van der Waals surface area contributed by atoms with Crippen LogP contribution in [0.15, 0.2) is 36.4 Å². The maximum absolute atomic E-state index is 11.4. The van der Waals surface area contributed by atoms with Crippen molar-refractivity contribution in [3.63, 3.8) is 0 Å². The fourth-order valence-electron chi connectivity index (χ4n) is 3.79. The van der Waals surface area contributed by atoms with E-state index in [1.807, 2.05) is 13.0 Å². The Bertz CT molecular complexity index is 863. The van der Waals surface area contributed by atoms with Crippen molar-refractivity contribution in [2.24, 2.45) is 5.92 Å². The molecule has 4 rings (SSSR count). The van der Waals surface area contributed by atoms with Crippen LogP contribution < -0.4 is 10.1 Å². The Kier molecular flexibility index (Phi) is 4.90. The number of hydrogen-bond acceptors (Lipinski definition) is 6. The molecule has 27 heavy (non-hydrogen) atoms. The zero-order valence-corrected chi connectivity index (χ0v) is 15.3. The lowest BCUT2D eigenvalue weighted by atomic mass is 10.1. The second-order valence-corrected chi connectivity index (χ2v) is 7.18. The van der Waals surface area contributed by atoms with Gasteiger partial charge in [0.05, 0.1) is 5.69 Å². The number of fused-ring (bicyclic) bond motifs is 2. The number of nitrogens with zero attached hydrogens (tertiary/aromatic N) is 2. The van der Waals surface area contributed by atoms with Crippen LogP contribution in [-0.2, 0) is 4.79 Å². The van der Waals surface area contributed by atoms with Gasteiger partial charge in [-0.05, 0) is 36.3 Å². The molecule has 0 unspecified atom stereocenters. The molecule has 1 saturated carbocycles. The maximum atomic E-state index is 11.4. The van der Waals surface area contributed by atoms with Crippen LogP contribution in [0.5, 0.6) is 11.6 Å². The minimum Gasteiger partial charge on any atom is -0.507 e. The van der Waals surface area contributed by atoms with E-state index in [2.05, 4.69) is 15.5 Å². The molecule has 2 aromatic rings. The fourth-order valence-corrected chi connectivity index (χ4v) is 3.79. The molecular formula is C21H23N3O3. The molecule has 0 amide bonds. The highest BCUT2D eigenvalue weighted by molar-refractivity contribution is 5.93. The van der Waals surface area contributed by atoms with Gasteiger partial charge in [-0.25, -0.2) is 0 Å². The number of piperidine rings is 1. The van der Waals surface area contributed by atoms with E-state index in [0.717, 1.165) is 18.5 Å². The van der Waals surface area contributed by atoms with Crippen LogP contribution in [0.4, 0.5) is 0 Å². The second kappa shape index (κ2) is 7.48. The van der Waals surface area contributed by atoms with Gasteiger partial charge in [0.15, 0.2) is 5.78 Å². The summed E-state index contributed by atoms with van der Waals surface area (Å²) >= 11 is 0. The Labute approximate surface area is 158 Å². The maximum Gasteiger partial charge on any atom is 0.233 e. The highest BCUT2D eigenvalue weighted by atomic mass is 16.5. The number of aromatic hydroxyl groups is 1. The van der Waals surface area contributed by atoms with Crippen molar-refractivity contribution >= 4 is 11.9 Å². The summed E-state index contributed by atoms with van der Waals surface area (Å²) in [5.41, 5.74) is 1.93. The molecule has 1 aliphatic heterocycles. The van der Waals surface area contributed by atoms with Crippen molar-refractivity contribution in [3.8, 4) is 22.9 Å². The Morgan fingerprint density at radius 3 is 2.81 bits per heavy atom. The molecule has 3 atom stereocenters. The smallest absolute Gasteiger partial charge is 0.233 e. The van der Waals surface area contributed by atoms with Gasteiger partial charge < -0.3 is 15.2 Å². The monoisotopic (exact) mass is 365 g/mol. The van der Waals surface area contributed by atoms with E-state index in [1.165, 1.54) is 12.5 Å². The number of carbonyl (C=O) groups is 1. The molecule has 0 spiro atoms. The average Bonchev–Trinajstić information content (AvgIpc) is 3.30. The van der Waals surface area contributed by atoms with Gasteiger partial charge in [-0.2, -0.15) is 0 Å². The molecule has 2 heterocycles. The lowest BCUT2D eigenvalue weighted by molar-refractivity contribution is -0.114. The predicted molar refractivity (Wildman–Crippen MR) is 102 cm³/mol. The van der Waals surface area contributed by atoms with E-state index < -0.39 is 0 Å². The number of nitrogens with one attached hydrogen (secondary N) is 1. The summed E-state index contributed by atoms with van der Waals surface area (Å²) in [6.07, 6.45) is 6.08. The Morgan fingerprint density at radius 1 is 1.30 bits per heavy atom. The zero-order valence-electron chi connectivity index (χ0n) is 15.3. The standard InChI is InChI=1S/C21H23N3O3/c1-2-16(25)5-3-13-4-6-17(19(26)9-13)18-7-8-21(24-23-18)27-20-11-15-10-14(20)12-22-15/h3-9,14-15,20,22,26H,2,10-12H2,1H3/b5-3+/t14-,15-,20+/m1/s1. The molecule has 2 bridgehead atoms. The van der Waals surface area contributed by atoms with Crippen molar-refractivity contribution in [1.29, 1.82) is 0 Å². The topological polar surface area (TPSA) is 84.3 Å². The van der Waals surface area contributed by atoms with Gasteiger partial charge in [-0.1, -0.05) is 19.1 Å². The highest BCUT2D eigenvalue weighted by Crippen LogP contribution is 2.34. The molecule has 6 nitrogen and oxygen atoms in total. The molecule has 1 aromatic heterocycles. The number of phenols is 1. The normalized spacial score (nSPS) is 23.8. The number of ether oxygens (including phenoxy) is 1. The minimum absolute atomic E-state index is 0.0475. The molecule has 2 fully saturated rings. The molecule has 1 saturated heterocycles. The summed E-state index contributed by atoms with van der Waals surface area (Å²) in [5, 5.41) is 22.2. The first-order valence-electron chi connectivity index (χ1n) is 9.40. The first-order chi connectivity index (χ1) is 13.1. The number of aromatic nitrogens is 2. The van der Waals surface area contributed by atoms with Crippen LogP contribution in [-0.4, -0.2) is 39.8 Å². The van der Waals surface area contributed by atoms with Crippen LogP contribution >= 0.6 is 0 Å². The number of carbonyl (C=O) groups excluding carboxylic acids is 1. The van der Waals surface area contributed by atoms with Gasteiger partial charge in [0, 0.05) is 43.0 Å². The van der Waals surface area contributed by atoms with Gasteiger partial charge in [-0.15, -0.1) is 10.2 Å². The molecule has 2 aliphatic rings. The van der Waals surface area contributed by atoms with Gasteiger partial charge >= 0.3 is 0 Å². The number of benzene rings is 1. The molecule has 2 N–H and O–H groups in total. The molecule has 140 valence electrons. The van der Waals surface area contributed by atoms with Gasteiger partial charge in [0.25, 0.3) is 0 Å². The van der Waals surface area contributed by atoms with E-state index >= 15 is 0 Å². The summed E-state index contributed by atoms with van der Waals surface area (Å²) in [6.45, 7) is 2.83. The lowest BCUT2D eigenvalue weighted by Crippen LogP contribution is -2.35. The van der Waals surface area contributed by atoms with Crippen LogP contribution in [0.2, 0.25) is 0 Å². The third-order valence-corrected chi connectivity index (χ3v) is 5.32. The summed E-state index contributed by atoms with van der Waals surface area (Å²) in [6, 6.07) is 9.40. The number of allylic oxidation sites excluding steroid dienone is 1. The van der Waals surface area contributed by atoms with Crippen molar-refractivity contribution in [2.75, 3.05) is 6.54 Å². The van der Waals surface area contributed by atoms with Gasteiger partial charge in [0.1, 0.15) is 11.9 Å². The number of rotatable bonds is 6. The Balaban J connectivity index is 1.45. The van der Waals surface area contributed by atoms with Crippen molar-refractivity contribution in [2.45, 2.75) is 38.3 Å². The van der Waals surface area contributed by atoms with E-state index in [0.29, 0.717) is 35.5 Å². The first-order valence-corrected chi connectivity index (χ1v) is 9.40. The molecule has 1 aliphatic carbocycles. The fraction of sp³-hybridized carbons (Fsp3) is 0.381. The lowest BCUT2D eigenvalue weighted by Gasteiger charge is -2.22. The van der Waals surface area contributed by atoms with Gasteiger partial charge in [0.2, 0.25) is 5.88 Å². The third-order valence-electron chi connectivity index (χ3n) is 5.32. The summed E-state index contributed by atoms with van der Waals surface area (Å²) in [4.78, 5) is 11.4. The quantitative estimate of drug-likeness (QED) is 0.766. The van der Waals surface area contributed by atoms with Crippen LogP contribution in [0.3, 0.4) is 0 Å². The van der Waals surface area contributed by atoms with E-state index in [-0.39, 0.29) is 17.6 Å². The zero-order chi connectivity index (χ0) is 18.8. The van der Waals surface area contributed by atoms with Crippen molar-refractivity contribution in [3.05, 3.63) is 42.0 Å². The first kappa shape index (κ1) is 17.7. The average molecular weight is 365 g/mol. The number of phenolic OH excluding ortho intramolecular Hbond substituents is 1. The SMILES string of the molecule is CCC(=O)/C=C/c1ccc(-c2ccc(O[C@H]3C[C@H]4C[C@@H]3CN4)nn2)c(O)c1. The second-order valence-electron chi connectivity index (χ2n) is 7.18. The van der Waals surface area contributed by atoms with Gasteiger partial charge in [-0.3, -0.25) is 4.79 Å². The third kappa shape index (κ3) is 3.85. The summed E-state index contributed by atoms with van der Waals surface area (Å²) in [5.74, 6) is 1.23. The van der Waals surface area contributed by atoms with Crippen molar-refractivity contribution < 1.29 is 14.6 Å². The van der Waals surface area contributed by atoms with E-state index in [9.17, 15) is 9.90 Å². The van der Waals surface area contributed by atoms with Crippen LogP contribution in [0, 0.1) is 5.92 Å². The highest BCUT2D eigenvalue weighted by Gasteiger charge is 2.41. The largest absolute Gasteiger partial charge is 0.507 e. The summed E-state index contributed by atoms with van der Waals surface area (Å²) in [7, 11) is 0. The number of ketones is 1. The minimum atomic E-state index is 0.0475. The Morgan fingerprint density at radius 2 is 2.19 bits per heavy atom. The van der Waals surface area contributed by atoms with E-state index in [1.54, 1.807) is 30.3 Å². The molecule has 6 heteroatoms. The number of hydrogen-bond donors (Lipinski definition) is 2. The molecule has 1 aromatic carbocycles. The van der Waals surface area contributed by atoms with Crippen LogP contribution in [0.1, 0.15) is 31.7 Å². The van der Waals surface area contributed by atoms with E-state index in [4.69, 9.17) is 4.74 Å². The van der Waals surface area contributed by atoms with Crippen molar-refractivity contribution in [1.82, 2.24) is 15.5 Å². The summed E-state index contributed by atoms with van der Waals surface area (Å²) < 4.78 is 6.00. The Hall–Kier alpha value is -2.73. The molecule has 0 radical (unpaired) electrons. The van der Waals surface area contributed by atoms with Crippen LogP contribution in [0.25, 0.3) is 17.3 Å². The molecular weight excluding hydrogens is 342 g/mol. The predicted octanol–water partition coefficient (Wildman–Crippen LogP) is 2.97.